The van der Waals surface area contributed by atoms with Crippen molar-refractivity contribution in [2.75, 3.05) is 0 Å². The molecule has 130 valence electrons. The second-order valence-corrected chi connectivity index (χ2v) is 6.82. The molecule has 0 aliphatic carbocycles. The number of benzene rings is 2. The van der Waals surface area contributed by atoms with Gasteiger partial charge < -0.3 is 0 Å². The van der Waals surface area contributed by atoms with Gasteiger partial charge in [-0.05, 0) is 30.5 Å². The summed E-state index contributed by atoms with van der Waals surface area (Å²) in [6, 6.07) is 8.03. The molecule has 0 bridgehead atoms. The van der Waals surface area contributed by atoms with Crippen LogP contribution in [-0.4, -0.2) is 20.0 Å². The van der Waals surface area contributed by atoms with Crippen molar-refractivity contribution in [3.8, 4) is 22.4 Å². The molecule has 1 aliphatic rings. The van der Waals surface area contributed by atoms with Gasteiger partial charge in [-0.15, -0.1) is 0 Å². The third-order valence-electron chi connectivity index (χ3n) is 4.84. The smallest absolute Gasteiger partial charge is 0.144 e. The van der Waals surface area contributed by atoms with Gasteiger partial charge in [0.05, 0.1) is 16.7 Å². The lowest BCUT2D eigenvalue weighted by Crippen LogP contribution is -1.95. The predicted octanol–water partition coefficient (Wildman–Crippen LogP) is 4.97. The SMILES string of the molecule is Fc1cc(F)c(-c2nn3c(c2-c2ccc4cn[nH]c4c2)CCC3)cc1Cl. The van der Waals surface area contributed by atoms with Crippen LogP contribution in [0.3, 0.4) is 0 Å². The van der Waals surface area contributed by atoms with Crippen LogP contribution in [-0.2, 0) is 13.0 Å². The van der Waals surface area contributed by atoms with Gasteiger partial charge in [-0.25, -0.2) is 8.78 Å². The summed E-state index contributed by atoms with van der Waals surface area (Å²) in [5, 5.41) is 12.5. The number of hydrogen-bond acceptors (Lipinski definition) is 2. The van der Waals surface area contributed by atoms with Gasteiger partial charge in [0.2, 0.25) is 0 Å². The Bertz CT molecular complexity index is 1160. The van der Waals surface area contributed by atoms with Crippen LogP contribution in [0, 0.1) is 11.6 Å². The molecule has 4 nitrogen and oxygen atoms in total. The summed E-state index contributed by atoms with van der Waals surface area (Å²) < 4.78 is 30.0. The van der Waals surface area contributed by atoms with Crippen LogP contribution in [0.1, 0.15) is 12.1 Å². The topological polar surface area (TPSA) is 46.5 Å². The van der Waals surface area contributed by atoms with E-state index in [-0.39, 0.29) is 10.6 Å². The molecule has 0 saturated heterocycles. The van der Waals surface area contributed by atoms with Crippen LogP contribution in [0.4, 0.5) is 8.78 Å². The van der Waals surface area contributed by atoms with E-state index in [1.54, 1.807) is 6.20 Å². The fourth-order valence-electron chi connectivity index (χ4n) is 3.62. The maximum Gasteiger partial charge on any atom is 0.144 e. The van der Waals surface area contributed by atoms with Crippen LogP contribution < -0.4 is 0 Å². The minimum Gasteiger partial charge on any atom is -0.278 e. The molecule has 2 aromatic heterocycles. The van der Waals surface area contributed by atoms with Crippen molar-refractivity contribution in [1.82, 2.24) is 20.0 Å². The van der Waals surface area contributed by atoms with Gasteiger partial charge in [0.25, 0.3) is 0 Å². The standard InChI is InChI=1S/C19H13ClF2N4/c20-13-7-12(14(21)8-15(13)22)19-18(17-2-1-5-26(17)25-19)10-3-4-11-9-23-24-16(11)6-10/h3-4,6-9H,1-2,5H2,(H,23,24). The Morgan fingerprint density at radius 3 is 2.88 bits per heavy atom. The summed E-state index contributed by atoms with van der Waals surface area (Å²) in [6.45, 7) is 0.783. The fraction of sp³-hybridized carbons (Fsp3) is 0.158. The predicted molar refractivity (Wildman–Crippen MR) is 96.0 cm³/mol. The average Bonchev–Trinajstić information content (AvgIpc) is 3.32. The monoisotopic (exact) mass is 370 g/mol. The van der Waals surface area contributed by atoms with Crippen molar-refractivity contribution >= 4 is 22.5 Å². The zero-order chi connectivity index (χ0) is 17.8. The normalized spacial score (nSPS) is 13.5. The number of aromatic nitrogens is 4. The van der Waals surface area contributed by atoms with Crippen LogP contribution >= 0.6 is 11.6 Å². The molecule has 0 unspecified atom stereocenters. The number of nitrogens with one attached hydrogen (secondary N) is 1. The molecule has 0 spiro atoms. The Hall–Kier alpha value is -2.73. The minimum absolute atomic E-state index is 0.121. The molecular formula is C19H13ClF2N4. The van der Waals surface area contributed by atoms with Crippen molar-refractivity contribution in [1.29, 1.82) is 0 Å². The Morgan fingerprint density at radius 1 is 1.12 bits per heavy atom. The van der Waals surface area contributed by atoms with Gasteiger partial charge in [-0.3, -0.25) is 9.78 Å². The van der Waals surface area contributed by atoms with E-state index in [1.807, 2.05) is 22.9 Å². The van der Waals surface area contributed by atoms with Crippen LogP contribution in [0.5, 0.6) is 0 Å². The summed E-state index contributed by atoms with van der Waals surface area (Å²) in [4.78, 5) is 0. The van der Waals surface area contributed by atoms with E-state index < -0.39 is 11.6 Å². The molecule has 2 aromatic carbocycles. The second-order valence-electron chi connectivity index (χ2n) is 6.42. The Kier molecular flexibility index (Phi) is 3.37. The molecule has 1 aliphatic heterocycles. The van der Waals surface area contributed by atoms with Crippen molar-refractivity contribution in [3.05, 3.63) is 58.9 Å². The first-order valence-corrected chi connectivity index (χ1v) is 8.68. The number of H-pyrrole nitrogens is 1. The van der Waals surface area contributed by atoms with Gasteiger partial charge in [0.1, 0.15) is 17.3 Å². The fourth-order valence-corrected chi connectivity index (χ4v) is 3.78. The van der Waals surface area contributed by atoms with E-state index in [0.29, 0.717) is 5.69 Å². The lowest BCUT2D eigenvalue weighted by atomic mass is 9.97. The quantitative estimate of drug-likeness (QED) is 0.506. The van der Waals surface area contributed by atoms with E-state index in [2.05, 4.69) is 15.3 Å². The van der Waals surface area contributed by atoms with E-state index in [0.717, 1.165) is 53.2 Å². The van der Waals surface area contributed by atoms with Gasteiger partial charge in [0.15, 0.2) is 0 Å². The molecular weight excluding hydrogens is 358 g/mol. The van der Waals surface area contributed by atoms with E-state index >= 15 is 0 Å². The Morgan fingerprint density at radius 2 is 2.00 bits per heavy atom. The molecule has 0 saturated carbocycles. The lowest BCUT2D eigenvalue weighted by molar-refractivity contribution is 0.584. The molecule has 5 rings (SSSR count). The highest BCUT2D eigenvalue weighted by atomic mass is 35.5. The Balaban J connectivity index is 1.78. The van der Waals surface area contributed by atoms with Gasteiger partial charge >= 0.3 is 0 Å². The summed E-state index contributed by atoms with van der Waals surface area (Å²) in [6.07, 6.45) is 3.61. The number of rotatable bonds is 2. The number of hydrogen-bond donors (Lipinski definition) is 1. The highest BCUT2D eigenvalue weighted by Gasteiger charge is 2.26. The molecule has 0 amide bonds. The first-order chi connectivity index (χ1) is 12.6. The zero-order valence-corrected chi connectivity index (χ0v) is 14.3. The highest BCUT2D eigenvalue weighted by molar-refractivity contribution is 6.31. The molecule has 3 heterocycles. The van der Waals surface area contributed by atoms with Crippen molar-refractivity contribution in [2.45, 2.75) is 19.4 Å². The van der Waals surface area contributed by atoms with Crippen LogP contribution in [0.25, 0.3) is 33.3 Å². The van der Waals surface area contributed by atoms with E-state index in [1.165, 1.54) is 6.07 Å². The first-order valence-electron chi connectivity index (χ1n) is 8.30. The molecule has 0 fully saturated rings. The third-order valence-corrected chi connectivity index (χ3v) is 5.13. The molecule has 7 heteroatoms. The third kappa shape index (κ3) is 2.25. The number of halogens is 3. The average molecular weight is 371 g/mol. The Labute approximate surface area is 152 Å². The molecule has 1 N–H and O–H groups in total. The van der Waals surface area contributed by atoms with Crippen LogP contribution in [0.2, 0.25) is 5.02 Å². The second kappa shape index (κ2) is 5.64. The highest BCUT2D eigenvalue weighted by Crippen LogP contribution is 2.40. The number of aromatic amines is 1. The van der Waals surface area contributed by atoms with Crippen molar-refractivity contribution < 1.29 is 8.78 Å². The van der Waals surface area contributed by atoms with Crippen LogP contribution in [0.15, 0.2) is 36.5 Å². The zero-order valence-electron chi connectivity index (χ0n) is 13.6. The van der Waals surface area contributed by atoms with E-state index in [9.17, 15) is 8.78 Å². The van der Waals surface area contributed by atoms with Crippen molar-refractivity contribution in [3.63, 3.8) is 0 Å². The lowest BCUT2D eigenvalue weighted by Gasteiger charge is -2.08. The molecule has 0 radical (unpaired) electrons. The minimum atomic E-state index is -0.778. The van der Waals surface area contributed by atoms with Gasteiger partial charge in [-0.1, -0.05) is 23.7 Å². The number of nitrogens with zero attached hydrogens (tertiary/aromatic N) is 3. The molecule has 0 atom stereocenters. The number of fused-ring (bicyclic) bond motifs is 2. The number of aryl methyl sites for hydroxylation is 1. The summed E-state index contributed by atoms with van der Waals surface area (Å²) in [7, 11) is 0. The first kappa shape index (κ1) is 15.5. The molecule has 26 heavy (non-hydrogen) atoms. The maximum absolute atomic E-state index is 14.5. The van der Waals surface area contributed by atoms with E-state index in [4.69, 9.17) is 11.6 Å². The largest absolute Gasteiger partial charge is 0.278 e. The van der Waals surface area contributed by atoms with Gasteiger partial charge in [-0.2, -0.15) is 10.2 Å². The summed E-state index contributed by atoms with van der Waals surface area (Å²) in [5.41, 5.74) is 4.42. The van der Waals surface area contributed by atoms with Crippen molar-refractivity contribution in [2.24, 2.45) is 0 Å². The maximum atomic E-state index is 14.5. The summed E-state index contributed by atoms with van der Waals surface area (Å²) >= 11 is 5.90. The van der Waals surface area contributed by atoms with Gasteiger partial charge in [0, 0.05) is 34.8 Å². The summed E-state index contributed by atoms with van der Waals surface area (Å²) in [5.74, 6) is -1.45. The molecule has 4 aromatic rings.